The number of pyridine rings is 1. The molecule has 1 aromatic heterocycles. The molecule has 0 aromatic carbocycles. The van der Waals surface area contributed by atoms with E-state index in [4.69, 9.17) is 9.90 Å². The zero-order valence-corrected chi connectivity index (χ0v) is 14.5. The lowest BCUT2D eigenvalue weighted by atomic mass is 9.80. The van der Waals surface area contributed by atoms with Gasteiger partial charge in [-0.1, -0.05) is 6.07 Å². The van der Waals surface area contributed by atoms with Gasteiger partial charge in [0.05, 0.1) is 0 Å². The fourth-order valence-corrected chi connectivity index (χ4v) is 3.17. The van der Waals surface area contributed by atoms with Crippen LogP contribution in [0.3, 0.4) is 0 Å². The predicted octanol–water partition coefficient (Wildman–Crippen LogP) is 1.99. The van der Waals surface area contributed by atoms with Crippen LogP contribution in [-0.4, -0.2) is 57.6 Å². The zero-order valence-electron chi connectivity index (χ0n) is 14.5. The largest absolute Gasteiger partial charge is 0.490 e. The molecular weight excluding hydrogens is 367 g/mol. The van der Waals surface area contributed by atoms with E-state index >= 15 is 0 Å². The molecule has 0 radical (unpaired) electrons. The standard InChI is InChI=1S/C15H19N3O2.C2HF3O2/c19-13-5-3-6-15(17-13)7-10-18(11-8-15)14(20)12-4-1-2-9-16-12;3-2(4,5)1(6)7/h1-2,4,9H,3,5-8,10-11H2,(H,17,19);(H,6,7). The number of nitrogens with one attached hydrogen (secondary N) is 1. The van der Waals surface area contributed by atoms with Crippen LogP contribution in [0, 0.1) is 0 Å². The average molecular weight is 387 g/mol. The third-order valence-electron chi connectivity index (χ3n) is 4.60. The number of alkyl halides is 3. The molecule has 2 N–H and O–H groups in total. The minimum absolute atomic E-state index is 0.0115. The van der Waals surface area contributed by atoms with Crippen molar-refractivity contribution >= 4 is 17.8 Å². The summed E-state index contributed by atoms with van der Waals surface area (Å²) in [6.07, 6.45) is 0.872. The number of hydrogen-bond donors (Lipinski definition) is 2. The second kappa shape index (κ2) is 8.36. The van der Waals surface area contributed by atoms with E-state index in [1.54, 1.807) is 18.3 Å². The monoisotopic (exact) mass is 387 g/mol. The number of aliphatic carboxylic acids is 1. The second-order valence-corrected chi connectivity index (χ2v) is 6.49. The minimum atomic E-state index is -5.08. The maximum absolute atomic E-state index is 12.3. The van der Waals surface area contributed by atoms with Gasteiger partial charge in [-0.2, -0.15) is 13.2 Å². The fourth-order valence-electron chi connectivity index (χ4n) is 3.17. The van der Waals surface area contributed by atoms with Gasteiger partial charge in [-0.15, -0.1) is 0 Å². The highest BCUT2D eigenvalue weighted by Crippen LogP contribution is 2.31. The van der Waals surface area contributed by atoms with Gasteiger partial charge in [0.15, 0.2) is 0 Å². The summed E-state index contributed by atoms with van der Waals surface area (Å²) in [4.78, 5) is 38.7. The highest BCUT2D eigenvalue weighted by Gasteiger charge is 2.39. The topological polar surface area (TPSA) is 99.6 Å². The van der Waals surface area contributed by atoms with Crippen LogP contribution in [0.25, 0.3) is 0 Å². The molecule has 0 saturated carbocycles. The molecule has 148 valence electrons. The molecule has 0 bridgehead atoms. The Kier molecular flexibility index (Phi) is 6.40. The first-order valence-electron chi connectivity index (χ1n) is 8.44. The summed E-state index contributed by atoms with van der Waals surface area (Å²) in [6, 6.07) is 5.38. The van der Waals surface area contributed by atoms with Crippen molar-refractivity contribution in [1.29, 1.82) is 0 Å². The third-order valence-corrected chi connectivity index (χ3v) is 4.60. The first kappa shape index (κ1) is 20.7. The van der Waals surface area contributed by atoms with E-state index in [1.807, 2.05) is 11.0 Å². The second-order valence-electron chi connectivity index (χ2n) is 6.49. The Bertz CT molecular complexity index is 686. The first-order chi connectivity index (χ1) is 12.6. The predicted molar refractivity (Wildman–Crippen MR) is 87.8 cm³/mol. The van der Waals surface area contributed by atoms with Gasteiger partial charge in [-0.3, -0.25) is 14.6 Å². The molecule has 2 amide bonds. The van der Waals surface area contributed by atoms with Crippen LogP contribution in [0.4, 0.5) is 13.2 Å². The number of carboxylic acids is 1. The van der Waals surface area contributed by atoms with E-state index in [2.05, 4.69) is 10.3 Å². The van der Waals surface area contributed by atoms with Gasteiger partial charge < -0.3 is 15.3 Å². The molecule has 0 aliphatic carbocycles. The number of aromatic nitrogens is 1. The fraction of sp³-hybridized carbons (Fsp3) is 0.529. The lowest BCUT2D eigenvalue weighted by Gasteiger charge is -2.44. The Labute approximate surface area is 153 Å². The first-order valence-corrected chi connectivity index (χ1v) is 8.44. The van der Waals surface area contributed by atoms with Gasteiger partial charge in [-0.05, 0) is 37.8 Å². The molecule has 3 heterocycles. The maximum atomic E-state index is 12.3. The molecule has 7 nitrogen and oxygen atoms in total. The lowest BCUT2D eigenvalue weighted by molar-refractivity contribution is -0.192. The van der Waals surface area contributed by atoms with Crippen LogP contribution >= 0.6 is 0 Å². The van der Waals surface area contributed by atoms with Crippen molar-refractivity contribution in [3.8, 4) is 0 Å². The van der Waals surface area contributed by atoms with E-state index in [0.717, 1.165) is 25.7 Å². The van der Waals surface area contributed by atoms with Crippen molar-refractivity contribution in [3.05, 3.63) is 30.1 Å². The van der Waals surface area contributed by atoms with Gasteiger partial charge in [0.25, 0.3) is 5.91 Å². The Morgan fingerprint density at radius 1 is 1.19 bits per heavy atom. The van der Waals surface area contributed by atoms with E-state index in [0.29, 0.717) is 25.2 Å². The van der Waals surface area contributed by atoms with Gasteiger partial charge in [-0.25, -0.2) is 4.79 Å². The number of carbonyl (C=O) groups excluding carboxylic acids is 2. The van der Waals surface area contributed by atoms with Crippen LogP contribution in [-0.2, 0) is 9.59 Å². The molecule has 3 rings (SSSR count). The van der Waals surface area contributed by atoms with Crippen LogP contribution in [0.15, 0.2) is 24.4 Å². The Morgan fingerprint density at radius 3 is 2.30 bits per heavy atom. The van der Waals surface area contributed by atoms with Crippen molar-refractivity contribution < 1.29 is 32.7 Å². The molecule has 2 aliphatic heterocycles. The summed E-state index contributed by atoms with van der Waals surface area (Å²) in [5.74, 6) is -2.61. The van der Waals surface area contributed by atoms with E-state index in [1.165, 1.54) is 0 Å². The van der Waals surface area contributed by atoms with Crippen molar-refractivity contribution in [3.63, 3.8) is 0 Å². The number of carbonyl (C=O) groups is 3. The van der Waals surface area contributed by atoms with Gasteiger partial charge in [0, 0.05) is 31.2 Å². The number of rotatable bonds is 1. The molecule has 1 spiro atoms. The molecule has 1 aromatic rings. The Morgan fingerprint density at radius 2 is 1.81 bits per heavy atom. The Balaban J connectivity index is 0.000000321. The normalized spacial score (nSPS) is 18.9. The maximum Gasteiger partial charge on any atom is 0.490 e. The number of halogens is 3. The molecule has 2 saturated heterocycles. The highest BCUT2D eigenvalue weighted by atomic mass is 19.4. The summed E-state index contributed by atoms with van der Waals surface area (Å²) in [5.41, 5.74) is 0.423. The number of hydrogen-bond acceptors (Lipinski definition) is 4. The van der Waals surface area contributed by atoms with Crippen molar-refractivity contribution in [2.75, 3.05) is 13.1 Å². The van der Waals surface area contributed by atoms with Crippen molar-refractivity contribution in [1.82, 2.24) is 15.2 Å². The van der Waals surface area contributed by atoms with Crippen LogP contribution < -0.4 is 5.32 Å². The SMILES string of the molecule is O=C(O)C(F)(F)F.O=C1CCCC2(CCN(C(=O)c3ccccn3)CC2)N1. The minimum Gasteiger partial charge on any atom is -0.475 e. The molecule has 10 heteroatoms. The number of likely N-dealkylation sites (tertiary alicyclic amines) is 1. The van der Waals surface area contributed by atoms with Gasteiger partial charge in [0.2, 0.25) is 5.91 Å². The number of nitrogens with zero attached hydrogens (tertiary/aromatic N) is 2. The summed E-state index contributed by atoms with van der Waals surface area (Å²) >= 11 is 0. The number of carboxylic acid groups (broad SMARTS) is 1. The number of piperidine rings is 2. The van der Waals surface area contributed by atoms with Crippen LogP contribution in [0.1, 0.15) is 42.6 Å². The zero-order chi connectivity index (χ0) is 20.1. The van der Waals surface area contributed by atoms with E-state index in [9.17, 15) is 22.8 Å². The van der Waals surface area contributed by atoms with Crippen molar-refractivity contribution in [2.45, 2.75) is 43.8 Å². The molecule has 27 heavy (non-hydrogen) atoms. The van der Waals surface area contributed by atoms with Gasteiger partial charge in [0.1, 0.15) is 5.69 Å². The number of amides is 2. The Hall–Kier alpha value is -2.65. The smallest absolute Gasteiger partial charge is 0.475 e. The molecule has 2 aliphatic rings. The quantitative estimate of drug-likeness (QED) is 0.768. The van der Waals surface area contributed by atoms with Crippen molar-refractivity contribution in [2.24, 2.45) is 0 Å². The molecule has 0 atom stereocenters. The van der Waals surface area contributed by atoms with Gasteiger partial charge >= 0.3 is 12.1 Å². The third kappa shape index (κ3) is 5.66. The van der Waals surface area contributed by atoms with E-state index < -0.39 is 12.1 Å². The lowest BCUT2D eigenvalue weighted by Crippen LogP contribution is -2.58. The molecule has 0 unspecified atom stereocenters. The highest BCUT2D eigenvalue weighted by molar-refractivity contribution is 5.92. The summed E-state index contributed by atoms with van der Waals surface area (Å²) < 4.78 is 31.7. The summed E-state index contributed by atoms with van der Waals surface area (Å²) in [7, 11) is 0. The van der Waals surface area contributed by atoms with Crippen LogP contribution in [0.2, 0.25) is 0 Å². The van der Waals surface area contributed by atoms with E-state index in [-0.39, 0.29) is 17.4 Å². The van der Waals surface area contributed by atoms with Crippen LogP contribution in [0.5, 0.6) is 0 Å². The summed E-state index contributed by atoms with van der Waals surface area (Å²) in [5, 5.41) is 10.3. The molecular formula is C17H20F3N3O4. The average Bonchev–Trinajstić information content (AvgIpc) is 2.62. The summed E-state index contributed by atoms with van der Waals surface area (Å²) in [6.45, 7) is 1.38. The molecule has 2 fully saturated rings.